The van der Waals surface area contributed by atoms with Gasteiger partial charge in [0.25, 0.3) is 5.91 Å². The topological polar surface area (TPSA) is 72.1 Å². The highest BCUT2D eigenvalue weighted by Gasteiger charge is 2.24. The van der Waals surface area contributed by atoms with Gasteiger partial charge in [0.2, 0.25) is 0 Å². The lowest BCUT2D eigenvalue weighted by Gasteiger charge is -2.31. The first-order chi connectivity index (χ1) is 8.20. The van der Waals surface area contributed by atoms with Crippen molar-refractivity contribution in [1.82, 2.24) is 15.1 Å². The third-order valence-electron chi connectivity index (χ3n) is 2.79. The van der Waals surface area contributed by atoms with Gasteiger partial charge in [-0.05, 0) is 18.6 Å². The van der Waals surface area contributed by atoms with Gasteiger partial charge in [-0.2, -0.15) is 11.8 Å². The minimum absolute atomic E-state index is 0.0451. The van der Waals surface area contributed by atoms with E-state index in [9.17, 15) is 4.79 Å². The van der Waals surface area contributed by atoms with Crippen LogP contribution in [0.4, 0.5) is 5.82 Å². The molecule has 5 nitrogen and oxygen atoms in total. The number of nitrogen functional groups attached to an aromatic ring is 1. The van der Waals surface area contributed by atoms with Crippen molar-refractivity contribution in [3.8, 4) is 0 Å². The van der Waals surface area contributed by atoms with Crippen molar-refractivity contribution in [3.63, 3.8) is 0 Å². The fraction of sp³-hybridized carbons (Fsp3) is 0.545. The SMILES string of the molecule is CCC1CN(C(=O)c2ccc(N)nn2)CCS1. The number of nitrogens with zero attached hydrogens (tertiary/aromatic N) is 3. The maximum absolute atomic E-state index is 12.1. The zero-order valence-corrected chi connectivity index (χ0v) is 10.6. The lowest BCUT2D eigenvalue weighted by atomic mass is 10.2. The summed E-state index contributed by atoms with van der Waals surface area (Å²) in [7, 11) is 0. The molecular weight excluding hydrogens is 236 g/mol. The molecule has 1 saturated heterocycles. The Hall–Kier alpha value is -1.30. The van der Waals surface area contributed by atoms with Crippen LogP contribution in [-0.4, -0.2) is 45.1 Å². The molecule has 6 heteroatoms. The summed E-state index contributed by atoms with van der Waals surface area (Å²) in [5, 5.41) is 8.08. The van der Waals surface area contributed by atoms with Crippen LogP contribution in [-0.2, 0) is 0 Å². The smallest absolute Gasteiger partial charge is 0.274 e. The van der Waals surface area contributed by atoms with Crippen LogP contribution in [0.2, 0.25) is 0 Å². The molecule has 1 aromatic rings. The third-order valence-corrected chi connectivity index (χ3v) is 4.16. The highest BCUT2D eigenvalue weighted by atomic mass is 32.2. The predicted octanol–water partition coefficient (Wildman–Crippen LogP) is 1.03. The molecule has 1 atom stereocenters. The van der Waals surface area contributed by atoms with Gasteiger partial charge in [0, 0.05) is 24.1 Å². The summed E-state index contributed by atoms with van der Waals surface area (Å²) in [6.45, 7) is 3.73. The van der Waals surface area contributed by atoms with Gasteiger partial charge in [0.05, 0.1) is 0 Å². The second-order valence-corrected chi connectivity index (χ2v) is 5.40. The van der Waals surface area contributed by atoms with E-state index in [1.54, 1.807) is 12.1 Å². The average Bonchev–Trinajstić information content (AvgIpc) is 2.39. The molecular formula is C11H16N4OS. The average molecular weight is 252 g/mol. The van der Waals surface area contributed by atoms with Gasteiger partial charge in [-0.15, -0.1) is 10.2 Å². The summed E-state index contributed by atoms with van der Waals surface area (Å²) in [6.07, 6.45) is 1.09. The molecule has 17 heavy (non-hydrogen) atoms. The lowest BCUT2D eigenvalue weighted by molar-refractivity contribution is 0.0754. The molecule has 0 radical (unpaired) electrons. The summed E-state index contributed by atoms with van der Waals surface area (Å²) in [5.41, 5.74) is 5.82. The van der Waals surface area contributed by atoms with Gasteiger partial charge in [-0.3, -0.25) is 4.79 Å². The molecule has 2 N–H and O–H groups in total. The molecule has 1 amide bonds. The van der Waals surface area contributed by atoms with E-state index in [1.165, 1.54) is 0 Å². The summed E-state index contributed by atoms with van der Waals surface area (Å²) in [4.78, 5) is 14.0. The molecule has 0 spiro atoms. The largest absolute Gasteiger partial charge is 0.382 e. The van der Waals surface area contributed by atoms with Crippen LogP contribution in [0.15, 0.2) is 12.1 Å². The molecule has 2 heterocycles. The van der Waals surface area contributed by atoms with Crippen LogP contribution < -0.4 is 5.73 Å². The highest BCUT2D eigenvalue weighted by molar-refractivity contribution is 8.00. The van der Waals surface area contributed by atoms with Gasteiger partial charge in [-0.1, -0.05) is 6.92 Å². The maximum Gasteiger partial charge on any atom is 0.274 e. The quantitative estimate of drug-likeness (QED) is 0.851. The van der Waals surface area contributed by atoms with Crippen molar-refractivity contribution in [3.05, 3.63) is 17.8 Å². The Kier molecular flexibility index (Phi) is 3.83. The number of nitrogens with two attached hydrogens (primary N) is 1. The summed E-state index contributed by atoms with van der Waals surface area (Å²) < 4.78 is 0. The van der Waals surface area contributed by atoms with E-state index in [0.29, 0.717) is 16.8 Å². The Morgan fingerprint density at radius 1 is 1.59 bits per heavy atom. The zero-order valence-electron chi connectivity index (χ0n) is 9.80. The number of amides is 1. The number of rotatable bonds is 2. The molecule has 1 aliphatic rings. The van der Waals surface area contributed by atoms with E-state index in [1.807, 2.05) is 16.7 Å². The van der Waals surface area contributed by atoms with Crippen molar-refractivity contribution < 1.29 is 4.79 Å². The minimum Gasteiger partial charge on any atom is -0.382 e. The number of carbonyl (C=O) groups excluding carboxylic acids is 1. The molecule has 1 aliphatic heterocycles. The Balaban J connectivity index is 2.06. The Labute approximate surface area is 105 Å². The van der Waals surface area contributed by atoms with Crippen LogP contribution in [0.3, 0.4) is 0 Å². The van der Waals surface area contributed by atoms with Crippen molar-refractivity contribution in [2.24, 2.45) is 0 Å². The van der Waals surface area contributed by atoms with E-state index in [0.717, 1.165) is 25.3 Å². The number of anilines is 1. The third kappa shape index (κ3) is 2.88. The number of thioether (sulfide) groups is 1. The molecule has 0 aromatic carbocycles. The first-order valence-electron chi connectivity index (χ1n) is 5.70. The lowest BCUT2D eigenvalue weighted by Crippen LogP contribution is -2.42. The molecule has 0 saturated carbocycles. The van der Waals surface area contributed by atoms with Gasteiger partial charge in [-0.25, -0.2) is 0 Å². The predicted molar refractivity (Wildman–Crippen MR) is 68.9 cm³/mol. The molecule has 0 aliphatic carbocycles. The van der Waals surface area contributed by atoms with Crippen molar-refractivity contribution in [2.75, 3.05) is 24.6 Å². The second kappa shape index (κ2) is 5.35. The van der Waals surface area contributed by atoms with E-state index < -0.39 is 0 Å². The van der Waals surface area contributed by atoms with Crippen LogP contribution in [0.1, 0.15) is 23.8 Å². The molecule has 92 valence electrons. The molecule has 2 rings (SSSR count). The fourth-order valence-corrected chi connectivity index (χ4v) is 2.95. The normalized spacial score (nSPS) is 20.3. The van der Waals surface area contributed by atoms with E-state index in [-0.39, 0.29) is 5.91 Å². The molecule has 1 unspecified atom stereocenters. The van der Waals surface area contributed by atoms with E-state index in [4.69, 9.17) is 5.73 Å². The Morgan fingerprint density at radius 3 is 3.06 bits per heavy atom. The van der Waals surface area contributed by atoms with Crippen LogP contribution in [0.25, 0.3) is 0 Å². The highest BCUT2D eigenvalue weighted by Crippen LogP contribution is 2.21. The summed E-state index contributed by atoms with van der Waals surface area (Å²) >= 11 is 1.93. The monoisotopic (exact) mass is 252 g/mol. The number of hydrogen-bond acceptors (Lipinski definition) is 5. The van der Waals surface area contributed by atoms with Gasteiger partial charge in [0.1, 0.15) is 5.82 Å². The first kappa shape index (κ1) is 12.2. The Bertz CT molecular complexity index is 395. The van der Waals surface area contributed by atoms with Crippen molar-refractivity contribution >= 4 is 23.5 Å². The van der Waals surface area contributed by atoms with E-state index in [2.05, 4.69) is 17.1 Å². The number of aromatic nitrogens is 2. The Morgan fingerprint density at radius 2 is 2.41 bits per heavy atom. The van der Waals surface area contributed by atoms with Crippen molar-refractivity contribution in [1.29, 1.82) is 0 Å². The number of hydrogen-bond donors (Lipinski definition) is 1. The summed E-state index contributed by atoms with van der Waals surface area (Å²) in [6, 6.07) is 3.24. The van der Waals surface area contributed by atoms with Gasteiger partial charge < -0.3 is 10.6 Å². The van der Waals surface area contributed by atoms with Crippen molar-refractivity contribution in [2.45, 2.75) is 18.6 Å². The van der Waals surface area contributed by atoms with Crippen LogP contribution in [0.5, 0.6) is 0 Å². The standard InChI is InChI=1S/C11H16N4OS/c1-2-8-7-15(5-6-17-8)11(16)9-3-4-10(12)14-13-9/h3-4,8H,2,5-7H2,1H3,(H2,12,14). The zero-order chi connectivity index (χ0) is 12.3. The second-order valence-electron chi connectivity index (χ2n) is 4.00. The summed E-state index contributed by atoms with van der Waals surface area (Å²) in [5.74, 6) is 1.28. The minimum atomic E-state index is -0.0451. The first-order valence-corrected chi connectivity index (χ1v) is 6.75. The van der Waals surface area contributed by atoms with Crippen LogP contribution >= 0.6 is 11.8 Å². The van der Waals surface area contributed by atoms with Gasteiger partial charge >= 0.3 is 0 Å². The molecule has 1 fully saturated rings. The number of carbonyl (C=O) groups is 1. The van der Waals surface area contributed by atoms with Gasteiger partial charge in [0.15, 0.2) is 5.69 Å². The molecule has 0 bridgehead atoms. The fourth-order valence-electron chi connectivity index (χ4n) is 1.77. The van der Waals surface area contributed by atoms with E-state index >= 15 is 0 Å². The molecule has 1 aromatic heterocycles. The maximum atomic E-state index is 12.1. The van der Waals surface area contributed by atoms with Crippen LogP contribution in [0, 0.1) is 0 Å².